The third kappa shape index (κ3) is 8.38. The van der Waals surface area contributed by atoms with E-state index in [4.69, 9.17) is 9.84 Å². The molecule has 0 bridgehead atoms. The van der Waals surface area contributed by atoms with Crippen molar-refractivity contribution in [3.63, 3.8) is 0 Å². The summed E-state index contributed by atoms with van der Waals surface area (Å²) in [6.07, 6.45) is 2.84. The predicted octanol–water partition coefficient (Wildman–Crippen LogP) is 1.72. The molecule has 0 radical (unpaired) electrons. The molecule has 15 nitrogen and oxygen atoms in total. The molecule has 53 heavy (non-hydrogen) atoms. The second-order valence-electron chi connectivity index (χ2n) is 11.9. The molecule has 0 saturated carbocycles. The number of carboxylic acid groups (broad SMARTS) is 2. The fourth-order valence-corrected chi connectivity index (χ4v) is 7.59. The number of carbonyl (C=O) groups excluding carboxylic acids is 4. The zero-order valence-corrected chi connectivity index (χ0v) is 27.8. The quantitative estimate of drug-likeness (QED) is 0.0673. The van der Waals surface area contributed by atoms with E-state index in [2.05, 4.69) is 20.9 Å². The summed E-state index contributed by atoms with van der Waals surface area (Å²) in [6, 6.07) is 10.8. The molecular weight excluding hydrogens is 724 g/mol. The molecule has 2 saturated heterocycles. The Morgan fingerprint density at radius 3 is 2.36 bits per heavy atom. The molecule has 4 heterocycles. The van der Waals surface area contributed by atoms with Gasteiger partial charge in [-0.15, -0.1) is 11.8 Å². The summed E-state index contributed by atoms with van der Waals surface area (Å²) in [6.45, 7) is -0.244. The average Bonchev–Trinajstić information content (AvgIpc) is 3.55. The molecule has 0 aliphatic carbocycles. The van der Waals surface area contributed by atoms with Crippen LogP contribution >= 0.6 is 11.8 Å². The number of allylic oxidation sites excluding steroid dienone is 1. The molecule has 3 aliphatic heterocycles. The Balaban J connectivity index is 0.00000541. The number of nitrogens with one attached hydrogen (secondary N) is 3. The first kappa shape index (κ1) is 39.0. The monoisotopic (exact) mass is 755 g/mol. The number of aromatic hydroxyl groups is 1. The van der Waals surface area contributed by atoms with Gasteiger partial charge in [-0.3, -0.25) is 29.1 Å². The van der Waals surface area contributed by atoms with Crippen molar-refractivity contribution in [2.75, 3.05) is 24.2 Å². The van der Waals surface area contributed by atoms with Gasteiger partial charge in [0.15, 0.2) is 18.2 Å². The van der Waals surface area contributed by atoms with E-state index in [1.165, 1.54) is 54.5 Å². The van der Waals surface area contributed by atoms with E-state index in [0.29, 0.717) is 5.56 Å². The molecule has 3 aromatic rings. The average molecular weight is 756 g/mol. The third-order valence-electron chi connectivity index (χ3n) is 8.62. The number of β-lactam (4-membered cyclic amide) rings is 1. The standard InChI is InChI=1S/C35H30FN5O10S.Na.H/c36-24-13-19(3-6-25(24)42)39-26(43)14-22(17-7-10-37-11-8-17)28(21-9-12-38-31(21)45)23-16-52-33-29(32(46)41(33)30(23)35(49)50)40-27(44)15-51-20-4-1-18(2-5-20)34(47)48;;/h1-8,10-11,13,22,29,33,42H,9,12,14-16H2,(H,38,45)(H,39,43)(H,40,44)(H,47,48)(H,49,50);;/t22?,29-,33-;;/m1../s1. The number of hydrogen-bond acceptors (Lipinski definition) is 10. The van der Waals surface area contributed by atoms with Crippen molar-refractivity contribution in [2.45, 2.75) is 30.2 Å². The molecular formula is C35H31FN5NaO10S. The number of nitrogens with zero attached hydrogens (tertiary/aromatic N) is 2. The number of phenols is 1. The molecule has 2 aromatic carbocycles. The maximum atomic E-state index is 14.0. The Morgan fingerprint density at radius 2 is 1.74 bits per heavy atom. The van der Waals surface area contributed by atoms with Gasteiger partial charge in [0.05, 0.1) is 5.56 Å². The first-order valence-corrected chi connectivity index (χ1v) is 16.8. The number of carboxylic acids is 2. The normalized spacial score (nSPS) is 19.2. The van der Waals surface area contributed by atoms with Crippen LogP contribution in [0.15, 0.2) is 89.4 Å². The number of aromatic nitrogens is 1. The van der Waals surface area contributed by atoms with Crippen LogP contribution in [0, 0.1) is 5.82 Å². The van der Waals surface area contributed by atoms with Gasteiger partial charge in [0, 0.05) is 54.4 Å². The number of hydrogen-bond donors (Lipinski definition) is 6. The summed E-state index contributed by atoms with van der Waals surface area (Å²) in [5.74, 6) is -7.29. The van der Waals surface area contributed by atoms with Crippen molar-refractivity contribution >= 4 is 82.6 Å². The van der Waals surface area contributed by atoms with Crippen LogP contribution in [0.25, 0.3) is 0 Å². The van der Waals surface area contributed by atoms with Crippen LogP contribution in [0.1, 0.15) is 34.7 Å². The second-order valence-corrected chi connectivity index (χ2v) is 13.0. The second kappa shape index (κ2) is 16.6. The van der Waals surface area contributed by atoms with Gasteiger partial charge in [0.25, 0.3) is 11.8 Å². The van der Waals surface area contributed by atoms with Gasteiger partial charge in [0.2, 0.25) is 11.8 Å². The summed E-state index contributed by atoms with van der Waals surface area (Å²) in [4.78, 5) is 82.2. The van der Waals surface area contributed by atoms with Crippen LogP contribution in [-0.2, 0) is 24.0 Å². The van der Waals surface area contributed by atoms with E-state index in [9.17, 15) is 43.4 Å². The molecule has 6 rings (SSSR count). The Hall–Kier alpha value is -5.23. The number of amides is 4. The molecule has 3 atom stereocenters. The molecule has 6 N–H and O–H groups in total. The topological polar surface area (TPSA) is 225 Å². The van der Waals surface area contributed by atoms with Crippen molar-refractivity contribution in [3.8, 4) is 11.5 Å². The number of halogens is 1. The molecule has 18 heteroatoms. The van der Waals surface area contributed by atoms with E-state index in [-0.39, 0.29) is 88.4 Å². The first-order valence-electron chi connectivity index (χ1n) is 15.8. The summed E-state index contributed by atoms with van der Waals surface area (Å²) in [5.41, 5.74) is 0.855. The minimum absolute atomic E-state index is 0. The predicted molar refractivity (Wildman–Crippen MR) is 189 cm³/mol. The zero-order chi connectivity index (χ0) is 37.1. The van der Waals surface area contributed by atoms with Gasteiger partial charge >= 0.3 is 41.5 Å². The summed E-state index contributed by atoms with van der Waals surface area (Å²) in [5, 5.41) is 36.2. The van der Waals surface area contributed by atoms with Crippen molar-refractivity contribution < 1.29 is 53.2 Å². The van der Waals surface area contributed by atoms with Crippen molar-refractivity contribution in [2.24, 2.45) is 0 Å². The Labute approximate surface area is 327 Å². The molecule has 1 unspecified atom stereocenters. The van der Waals surface area contributed by atoms with E-state index in [0.717, 1.165) is 17.0 Å². The maximum absolute atomic E-state index is 14.0. The number of benzene rings is 2. The minimum atomic E-state index is -1.46. The Bertz CT molecular complexity index is 2050. The van der Waals surface area contributed by atoms with Crippen molar-refractivity contribution in [1.82, 2.24) is 20.5 Å². The molecule has 2 fully saturated rings. The van der Waals surface area contributed by atoms with Crippen LogP contribution in [0.2, 0.25) is 0 Å². The molecule has 3 aliphatic rings. The SMILES string of the molecule is O=C(CC(C(=C1CCNC1=O)C1=C(C(=O)O)N2C(=O)[C@@H](NC(=O)COc3ccc(C(=O)O)cc3)[C@H]2SC1)c1ccncc1)Nc1ccc(O)c(F)c1.[NaH]. The van der Waals surface area contributed by atoms with Crippen LogP contribution < -0.4 is 20.7 Å². The number of ether oxygens (including phenoxy) is 1. The fraction of sp³-hybridized carbons (Fsp3) is 0.229. The number of carbonyl (C=O) groups is 6. The van der Waals surface area contributed by atoms with E-state index in [1.54, 1.807) is 12.1 Å². The van der Waals surface area contributed by atoms with E-state index >= 15 is 0 Å². The third-order valence-corrected chi connectivity index (χ3v) is 9.90. The van der Waals surface area contributed by atoms with Gasteiger partial charge in [-0.25, -0.2) is 14.0 Å². The van der Waals surface area contributed by atoms with Gasteiger partial charge in [0.1, 0.15) is 22.9 Å². The van der Waals surface area contributed by atoms with E-state index in [1.807, 2.05) is 0 Å². The van der Waals surface area contributed by atoms with Gasteiger partial charge < -0.3 is 36.0 Å². The summed E-state index contributed by atoms with van der Waals surface area (Å²) >= 11 is 1.17. The number of rotatable bonds is 12. The Kier molecular flexibility index (Phi) is 12.2. The summed E-state index contributed by atoms with van der Waals surface area (Å²) < 4.78 is 19.5. The van der Waals surface area contributed by atoms with Gasteiger partial charge in [-0.2, -0.15) is 0 Å². The van der Waals surface area contributed by atoms with Crippen LogP contribution in [0.4, 0.5) is 10.1 Å². The van der Waals surface area contributed by atoms with Crippen molar-refractivity contribution in [1.29, 1.82) is 0 Å². The molecule has 1 aromatic heterocycles. The van der Waals surface area contributed by atoms with Gasteiger partial charge in [-0.05, 0) is 71.7 Å². The van der Waals surface area contributed by atoms with Crippen LogP contribution in [0.3, 0.4) is 0 Å². The van der Waals surface area contributed by atoms with Crippen LogP contribution in [0.5, 0.6) is 11.5 Å². The number of aliphatic carboxylic acids is 1. The van der Waals surface area contributed by atoms with Gasteiger partial charge in [-0.1, -0.05) is 0 Å². The molecule has 270 valence electrons. The molecule has 4 amide bonds. The Morgan fingerprint density at radius 1 is 1.02 bits per heavy atom. The number of pyridine rings is 1. The number of fused-ring (bicyclic) bond motifs is 1. The fourth-order valence-electron chi connectivity index (χ4n) is 6.23. The number of phenolic OH excluding ortho intramolecular Hbond substituents is 1. The van der Waals surface area contributed by atoms with Crippen molar-refractivity contribution in [3.05, 3.63) is 106 Å². The molecule has 0 spiro atoms. The number of thioether (sulfide) groups is 1. The number of anilines is 1. The zero-order valence-electron chi connectivity index (χ0n) is 27.0. The first-order chi connectivity index (χ1) is 24.9. The van der Waals surface area contributed by atoms with Crippen LogP contribution in [-0.4, -0.2) is 121 Å². The number of aromatic carboxylic acids is 1. The summed E-state index contributed by atoms with van der Waals surface area (Å²) in [7, 11) is 0. The van der Waals surface area contributed by atoms with E-state index < -0.39 is 76.8 Å².